The number of benzene rings is 2. The Morgan fingerprint density at radius 2 is 1.70 bits per heavy atom. The van der Waals surface area contributed by atoms with Crippen molar-refractivity contribution in [3.05, 3.63) is 52.5 Å². The van der Waals surface area contributed by atoms with Crippen LogP contribution in [-0.4, -0.2) is 45.9 Å². The second kappa shape index (κ2) is 10.6. The monoisotopic (exact) mass is 496 g/mol. The maximum Gasteiger partial charge on any atom is 0.248 e. The summed E-state index contributed by atoms with van der Waals surface area (Å²) in [6.45, 7) is 4.25. The molecule has 0 saturated heterocycles. The number of nitrogens with zero attached hydrogens (tertiary/aromatic N) is 1. The lowest BCUT2D eigenvalue weighted by Gasteiger charge is -2.19. The number of amides is 1. The number of hydrogen-bond donors (Lipinski definition) is 1. The molecule has 7 nitrogen and oxygen atoms in total. The van der Waals surface area contributed by atoms with E-state index in [1.165, 1.54) is 35.7 Å². The third-order valence-electron chi connectivity index (χ3n) is 4.38. The molecule has 0 heterocycles. The number of nitrogens with one attached hydrogen (secondary N) is 1. The van der Waals surface area contributed by atoms with Gasteiger partial charge in [-0.3, -0.25) is 4.79 Å². The zero-order chi connectivity index (χ0) is 22.3. The summed E-state index contributed by atoms with van der Waals surface area (Å²) >= 11 is 3.39. The lowest BCUT2D eigenvalue weighted by Crippen LogP contribution is -2.30. The highest BCUT2D eigenvalue weighted by molar-refractivity contribution is 9.10. The summed E-state index contributed by atoms with van der Waals surface area (Å²) in [4.78, 5) is 12.6. The smallest absolute Gasteiger partial charge is 0.248 e. The molecule has 9 heteroatoms. The molecule has 0 spiro atoms. The predicted octanol–water partition coefficient (Wildman–Crippen LogP) is 4.15. The summed E-state index contributed by atoms with van der Waals surface area (Å²) in [6.07, 6.45) is 2.96. The third-order valence-corrected chi connectivity index (χ3v) is 6.92. The molecule has 0 bridgehead atoms. The molecule has 162 valence electrons. The number of sulfonamides is 1. The predicted molar refractivity (Wildman–Crippen MR) is 121 cm³/mol. The van der Waals surface area contributed by atoms with Crippen LogP contribution in [0.25, 0.3) is 6.08 Å². The van der Waals surface area contributed by atoms with Gasteiger partial charge in [-0.2, -0.15) is 4.31 Å². The van der Waals surface area contributed by atoms with Gasteiger partial charge in [-0.05, 0) is 42.5 Å². The summed E-state index contributed by atoms with van der Waals surface area (Å²) in [5, 5.41) is 2.69. The highest BCUT2D eigenvalue weighted by Crippen LogP contribution is 2.29. The summed E-state index contributed by atoms with van der Waals surface area (Å²) < 4.78 is 38.3. The molecule has 0 fully saturated rings. The van der Waals surface area contributed by atoms with E-state index in [9.17, 15) is 13.2 Å². The van der Waals surface area contributed by atoms with Crippen LogP contribution < -0.4 is 14.8 Å². The van der Waals surface area contributed by atoms with Crippen molar-refractivity contribution in [2.45, 2.75) is 18.7 Å². The van der Waals surface area contributed by atoms with E-state index in [4.69, 9.17) is 9.47 Å². The van der Waals surface area contributed by atoms with E-state index in [0.29, 0.717) is 30.2 Å². The van der Waals surface area contributed by atoms with Crippen LogP contribution in [0.2, 0.25) is 0 Å². The third kappa shape index (κ3) is 5.62. The van der Waals surface area contributed by atoms with Gasteiger partial charge in [0.05, 0.1) is 24.8 Å². The molecule has 30 heavy (non-hydrogen) atoms. The van der Waals surface area contributed by atoms with Crippen LogP contribution in [0.3, 0.4) is 0 Å². The Balaban J connectivity index is 2.31. The van der Waals surface area contributed by atoms with Crippen LogP contribution >= 0.6 is 15.9 Å². The normalized spacial score (nSPS) is 11.7. The average Bonchev–Trinajstić information content (AvgIpc) is 2.73. The van der Waals surface area contributed by atoms with Crippen molar-refractivity contribution < 1.29 is 22.7 Å². The van der Waals surface area contributed by atoms with Crippen LogP contribution in [0.1, 0.15) is 19.4 Å². The fourth-order valence-electron chi connectivity index (χ4n) is 2.83. The molecule has 0 radical (unpaired) electrons. The standard InChI is InChI=1S/C21H25BrN2O5S/c1-5-24(6-2)30(26,27)17-9-11-20(29-4)18(14-17)23-21(25)12-7-15-13-16(22)8-10-19(15)28-3/h7-14H,5-6H2,1-4H3,(H,23,25)/b12-7+. The van der Waals surface area contributed by atoms with Gasteiger partial charge in [-0.15, -0.1) is 0 Å². The van der Waals surface area contributed by atoms with Crippen molar-refractivity contribution in [3.8, 4) is 11.5 Å². The highest BCUT2D eigenvalue weighted by atomic mass is 79.9. The van der Waals surface area contributed by atoms with Gasteiger partial charge in [-0.1, -0.05) is 29.8 Å². The molecule has 0 saturated carbocycles. The average molecular weight is 497 g/mol. The number of hydrogen-bond acceptors (Lipinski definition) is 5. The van der Waals surface area contributed by atoms with E-state index in [0.717, 1.165) is 4.47 Å². The SMILES string of the molecule is CCN(CC)S(=O)(=O)c1ccc(OC)c(NC(=O)/C=C/c2cc(Br)ccc2OC)c1. The number of ether oxygens (including phenoxy) is 2. The number of anilines is 1. The zero-order valence-electron chi connectivity index (χ0n) is 17.3. The number of methoxy groups -OCH3 is 2. The largest absolute Gasteiger partial charge is 0.496 e. The van der Waals surface area contributed by atoms with Gasteiger partial charge < -0.3 is 14.8 Å². The molecule has 0 aliphatic rings. The minimum Gasteiger partial charge on any atom is -0.496 e. The number of carbonyl (C=O) groups excluding carboxylic acids is 1. The van der Waals surface area contributed by atoms with Crippen molar-refractivity contribution in [2.75, 3.05) is 32.6 Å². The van der Waals surface area contributed by atoms with Gasteiger partial charge in [0.15, 0.2) is 0 Å². The van der Waals surface area contributed by atoms with E-state index in [1.54, 1.807) is 33.1 Å². The Hall–Kier alpha value is -2.36. The summed E-state index contributed by atoms with van der Waals surface area (Å²) in [7, 11) is -0.668. The van der Waals surface area contributed by atoms with Gasteiger partial charge >= 0.3 is 0 Å². The minimum absolute atomic E-state index is 0.0833. The van der Waals surface area contributed by atoms with Crippen LogP contribution in [0.4, 0.5) is 5.69 Å². The Kier molecular flexibility index (Phi) is 8.45. The van der Waals surface area contributed by atoms with Gasteiger partial charge in [0.1, 0.15) is 11.5 Å². The van der Waals surface area contributed by atoms with Gasteiger partial charge in [0, 0.05) is 29.2 Å². The Morgan fingerprint density at radius 1 is 1.07 bits per heavy atom. The number of halogens is 1. The Morgan fingerprint density at radius 3 is 2.30 bits per heavy atom. The van der Waals surface area contributed by atoms with Gasteiger partial charge in [0.2, 0.25) is 15.9 Å². The van der Waals surface area contributed by atoms with Gasteiger partial charge in [0.25, 0.3) is 0 Å². The molecule has 2 aromatic carbocycles. The Labute approximate surface area is 185 Å². The van der Waals surface area contributed by atoms with E-state index in [-0.39, 0.29) is 10.6 Å². The van der Waals surface area contributed by atoms with Crippen molar-refractivity contribution in [1.82, 2.24) is 4.31 Å². The molecular formula is C21H25BrN2O5S. The molecule has 0 aromatic heterocycles. The van der Waals surface area contributed by atoms with Crippen LogP contribution in [0.15, 0.2) is 51.8 Å². The summed E-state index contributed by atoms with van der Waals surface area (Å²) in [6, 6.07) is 9.82. The molecule has 1 N–H and O–H groups in total. The van der Waals surface area contributed by atoms with Crippen LogP contribution in [0, 0.1) is 0 Å². The van der Waals surface area contributed by atoms with E-state index in [1.807, 2.05) is 12.1 Å². The minimum atomic E-state index is -3.67. The molecule has 0 aliphatic heterocycles. The molecular weight excluding hydrogens is 472 g/mol. The Bertz CT molecular complexity index is 1030. The second-order valence-electron chi connectivity index (χ2n) is 6.16. The first kappa shape index (κ1) is 23.9. The maximum absolute atomic E-state index is 12.8. The zero-order valence-corrected chi connectivity index (χ0v) is 19.7. The van der Waals surface area contributed by atoms with Crippen molar-refractivity contribution in [1.29, 1.82) is 0 Å². The molecule has 0 unspecified atom stereocenters. The topological polar surface area (TPSA) is 84.9 Å². The van der Waals surface area contributed by atoms with E-state index < -0.39 is 15.9 Å². The first-order valence-electron chi connectivity index (χ1n) is 9.27. The van der Waals surface area contributed by atoms with E-state index >= 15 is 0 Å². The molecule has 2 rings (SSSR count). The molecule has 0 aliphatic carbocycles. The molecule has 0 atom stereocenters. The lowest BCUT2D eigenvalue weighted by atomic mass is 10.2. The first-order valence-corrected chi connectivity index (χ1v) is 11.5. The summed E-state index contributed by atoms with van der Waals surface area (Å²) in [5.74, 6) is 0.537. The van der Waals surface area contributed by atoms with Crippen LogP contribution in [0.5, 0.6) is 11.5 Å². The number of carbonyl (C=O) groups is 1. The quantitative estimate of drug-likeness (QED) is 0.527. The fraction of sp³-hybridized carbons (Fsp3) is 0.286. The van der Waals surface area contributed by atoms with Gasteiger partial charge in [-0.25, -0.2) is 8.42 Å². The second-order valence-corrected chi connectivity index (χ2v) is 9.01. The maximum atomic E-state index is 12.8. The molecule has 2 aromatic rings. The lowest BCUT2D eigenvalue weighted by molar-refractivity contribution is -0.111. The van der Waals surface area contributed by atoms with Crippen LogP contribution in [-0.2, 0) is 14.8 Å². The summed E-state index contributed by atoms with van der Waals surface area (Å²) in [5.41, 5.74) is 0.980. The van der Waals surface area contributed by atoms with Crippen molar-refractivity contribution in [2.24, 2.45) is 0 Å². The molecule has 1 amide bonds. The van der Waals surface area contributed by atoms with Crippen molar-refractivity contribution in [3.63, 3.8) is 0 Å². The highest BCUT2D eigenvalue weighted by Gasteiger charge is 2.23. The fourth-order valence-corrected chi connectivity index (χ4v) is 4.70. The van der Waals surface area contributed by atoms with Crippen molar-refractivity contribution >= 4 is 43.6 Å². The number of rotatable bonds is 9. The van der Waals surface area contributed by atoms with E-state index in [2.05, 4.69) is 21.2 Å². The first-order chi connectivity index (χ1) is 14.3.